The van der Waals surface area contributed by atoms with Crippen LogP contribution in [0.25, 0.3) is 11.0 Å². The van der Waals surface area contributed by atoms with Crippen LogP contribution in [0.1, 0.15) is 12.7 Å². The van der Waals surface area contributed by atoms with Crippen LogP contribution in [-0.4, -0.2) is 20.9 Å². The predicted molar refractivity (Wildman–Crippen MR) is 50.1 cm³/mol. The summed E-state index contributed by atoms with van der Waals surface area (Å²) in [6.07, 6.45) is 0. The van der Waals surface area contributed by atoms with Crippen molar-refractivity contribution in [3.8, 4) is 0 Å². The number of benzene rings is 1. The fraction of sp³-hybridized carbons (Fsp3) is 0.111. The van der Waals surface area contributed by atoms with Gasteiger partial charge in [0.05, 0.1) is 11.0 Å². The molecular weight excluding hydrogens is 166 g/mol. The van der Waals surface area contributed by atoms with Gasteiger partial charge in [0.15, 0.2) is 5.82 Å². The summed E-state index contributed by atoms with van der Waals surface area (Å²) in [6, 6.07) is 7.67. The number of hydrogen-bond acceptors (Lipinski definition) is 3. The first kappa shape index (κ1) is 7.79. The minimum Gasteiger partial charge on any atom is -0.411 e. The van der Waals surface area contributed by atoms with E-state index in [9.17, 15) is 0 Å². The van der Waals surface area contributed by atoms with Crippen molar-refractivity contribution in [3.05, 3.63) is 30.1 Å². The van der Waals surface area contributed by atoms with Crippen LogP contribution in [0, 0.1) is 0 Å². The number of nitrogens with zero attached hydrogens (tertiary/aromatic N) is 2. The maximum Gasteiger partial charge on any atom is 0.156 e. The number of aromatic nitrogens is 2. The van der Waals surface area contributed by atoms with E-state index in [4.69, 9.17) is 5.21 Å². The third-order valence-corrected chi connectivity index (χ3v) is 1.88. The Balaban J connectivity index is 2.62. The van der Waals surface area contributed by atoms with Gasteiger partial charge in [-0.15, -0.1) is 0 Å². The molecule has 2 aromatic rings. The summed E-state index contributed by atoms with van der Waals surface area (Å²) >= 11 is 0. The Kier molecular flexibility index (Phi) is 1.73. The van der Waals surface area contributed by atoms with Gasteiger partial charge in [0, 0.05) is 0 Å². The number of hydrogen-bond donors (Lipinski definition) is 2. The number of fused-ring (bicyclic) bond motifs is 1. The average Bonchev–Trinajstić information content (AvgIpc) is 2.59. The van der Waals surface area contributed by atoms with E-state index < -0.39 is 0 Å². The molecule has 2 rings (SSSR count). The molecule has 4 nitrogen and oxygen atoms in total. The summed E-state index contributed by atoms with van der Waals surface area (Å²) in [7, 11) is 0. The molecule has 1 aromatic carbocycles. The molecule has 0 aliphatic heterocycles. The lowest BCUT2D eigenvalue weighted by molar-refractivity contribution is 0.319. The zero-order valence-electron chi connectivity index (χ0n) is 7.15. The minimum absolute atomic E-state index is 0.483. The number of rotatable bonds is 1. The lowest BCUT2D eigenvalue weighted by Gasteiger charge is -1.87. The van der Waals surface area contributed by atoms with E-state index in [0.717, 1.165) is 11.0 Å². The molecule has 0 saturated heterocycles. The molecule has 0 bridgehead atoms. The van der Waals surface area contributed by atoms with Gasteiger partial charge in [-0.05, 0) is 19.1 Å². The largest absolute Gasteiger partial charge is 0.411 e. The van der Waals surface area contributed by atoms with Crippen LogP contribution in [0.3, 0.4) is 0 Å². The summed E-state index contributed by atoms with van der Waals surface area (Å²) < 4.78 is 0. The maximum absolute atomic E-state index is 8.54. The van der Waals surface area contributed by atoms with E-state index in [1.807, 2.05) is 24.3 Å². The van der Waals surface area contributed by atoms with E-state index in [1.54, 1.807) is 6.92 Å². The van der Waals surface area contributed by atoms with Crippen molar-refractivity contribution in [1.82, 2.24) is 9.97 Å². The van der Waals surface area contributed by atoms with Crippen LogP contribution in [0.2, 0.25) is 0 Å². The molecule has 2 N–H and O–H groups in total. The lowest BCUT2D eigenvalue weighted by Crippen LogP contribution is -1.96. The van der Waals surface area contributed by atoms with Gasteiger partial charge in [0.2, 0.25) is 0 Å². The first-order valence-electron chi connectivity index (χ1n) is 3.95. The van der Waals surface area contributed by atoms with Crippen LogP contribution in [0.15, 0.2) is 29.4 Å². The highest BCUT2D eigenvalue weighted by atomic mass is 16.4. The molecule has 0 fully saturated rings. The van der Waals surface area contributed by atoms with Crippen molar-refractivity contribution in [2.45, 2.75) is 6.92 Å². The molecule has 13 heavy (non-hydrogen) atoms. The Bertz CT molecular complexity index is 426. The Hall–Kier alpha value is -1.84. The molecule has 4 heteroatoms. The smallest absolute Gasteiger partial charge is 0.156 e. The Morgan fingerprint density at radius 2 is 2.23 bits per heavy atom. The van der Waals surface area contributed by atoms with Crippen LogP contribution < -0.4 is 0 Å². The quantitative estimate of drug-likeness (QED) is 0.394. The van der Waals surface area contributed by atoms with Crippen molar-refractivity contribution in [1.29, 1.82) is 0 Å². The molecule has 0 aliphatic rings. The van der Waals surface area contributed by atoms with Gasteiger partial charge in [0.25, 0.3) is 0 Å². The third kappa shape index (κ3) is 1.26. The van der Waals surface area contributed by atoms with E-state index in [-0.39, 0.29) is 0 Å². The first-order chi connectivity index (χ1) is 6.31. The van der Waals surface area contributed by atoms with E-state index in [0.29, 0.717) is 11.5 Å². The third-order valence-electron chi connectivity index (χ3n) is 1.88. The molecule has 0 radical (unpaired) electrons. The molecule has 0 unspecified atom stereocenters. The monoisotopic (exact) mass is 175 g/mol. The molecule has 0 aliphatic carbocycles. The van der Waals surface area contributed by atoms with Crippen LogP contribution >= 0.6 is 0 Å². The number of oxime groups is 1. The second-order valence-electron chi connectivity index (χ2n) is 2.79. The Labute approximate surface area is 74.9 Å². The van der Waals surface area contributed by atoms with Gasteiger partial charge in [-0.2, -0.15) is 0 Å². The molecule has 66 valence electrons. The number of H-pyrrole nitrogens is 1. The van der Waals surface area contributed by atoms with Crippen molar-refractivity contribution < 1.29 is 5.21 Å². The molecule has 1 aromatic heterocycles. The summed E-state index contributed by atoms with van der Waals surface area (Å²) in [5, 5.41) is 11.6. The molecule has 0 atom stereocenters. The second kappa shape index (κ2) is 2.90. The zero-order valence-corrected chi connectivity index (χ0v) is 7.15. The van der Waals surface area contributed by atoms with Crippen LogP contribution in [0.5, 0.6) is 0 Å². The van der Waals surface area contributed by atoms with Gasteiger partial charge >= 0.3 is 0 Å². The standard InChI is InChI=1S/C9H9N3O/c1-6(12-13)9-10-7-4-2-3-5-8(7)11-9/h2-5,13H,1H3,(H,10,11). The van der Waals surface area contributed by atoms with E-state index in [2.05, 4.69) is 15.1 Å². The first-order valence-corrected chi connectivity index (χ1v) is 3.95. The topological polar surface area (TPSA) is 61.3 Å². The summed E-state index contributed by atoms with van der Waals surface area (Å²) in [4.78, 5) is 7.28. The number of para-hydroxylation sites is 2. The van der Waals surface area contributed by atoms with Gasteiger partial charge < -0.3 is 10.2 Å². The highest BCUT2D eigenvalue weighted by molar-refractivity contribution is 5.97. The lowest BCUT2D eigenvalue weighted by atomic mass is 10.3. The Morgan fingerprint density at radius 1 is 1.46 bits per heavy atom. The maximum atomic E-state index is 8.54. The summed E-state index contributed by atoms with van der Waals surface area (Å²) in [6.45, 7) is 1.69. The van der Waals surface area contributed by atoms with Gasteiger partial charge in [-0.25, -0.2) is 4.98 Å². The Morgan fingerprint density at radius 3 is 2.92 bits per heavy atom. The van der Waals surface area contributed by atoms with Crippen LogP contribution in [0.4, 0.5) is 0 Å². The van der Waals surface area contributed by atoms with Crippen LogP contribution in [-0.2, 0) is 0 Å². The van der Waals surface area contributed by atoms with Gasteiger partial charge in [-0.1, -0.05) is 17.3 Å². The predicted octanol–water partition coefficient (Wildman–Crippen LogP) is 1.76. The highest BCUT2D eigenvalue weighted by Gasteiger charge is 2.03. The second-order valence-corrected chi connectivity index (χ2v) is 2.79. The SMILES string of the molecule is CC(=NO)c1nc2ccccc2[nH]1. The molecular formula is C9H9N3O. The molecule has 0 saturated carbocycles. The molecule has 0 spiro atoms. The zero-order chi connectivity index (χ0) is 9.26. The fourth-order valence-corrected chi connectivity index (χ4v) is 1.17. The molecule has 1 heterocycles. The van der Waals surface area contributed by atoms with E-state index >= 15 is 0 Å². The number of aromatic amines is 1. The summed E-state index contributed by atoms with van der Waals surface area (Å²) in [5.41, 5.74) is 2.30. The van der Waals surface area contributed by atoms with Gasteiger partial charge in [-0.3, -0.25) is 0 Å². The van der Waals surface area contributed by atoms with Gasteiger partial charge in [0.1, 0.15) is 5.71 Å². The van der Waals surface area contributed by atoms with E-state index in [1.165, 1.54) is 0 Å². The fourth-order valence-electron chi connectivity index (χ4n) is 1.17. The van der Waals surface area contributed by atoms with Crippen molar-refractivity contribution in [2.75, 3.05) is 0 Å². The molecule has 0 amide bonds. The average molecular weight is 175 g/mol. The normalized spacial score (nSPS) is 12.2. The minimum atomic E-state index is 0.483. The van der Waals surface area contributed by atoms with Crippen molar-refractivity contribution in [3.63, 3.8) is 0 Å². The number of imidazole rings is 1. The van der Waals surface area contributed by atoms with Crippen molar-refractivity contribution >= 4 is 16.7 Å². The number of nitrogens with one attached hydrogen (secondary N) is 1. The highest BCUT2D eigenvalue weighted by Crippen LogP contribution is 2.10. The summed E-state index contributed by atoms with van der Waals surface area (Å²) in [5.74, 6) is 0.601. The van der Waals surface area contributed by atoms with Crippen molar-refractivity contribution in [2.24, 2.45) is 5.16 Å².